The molecule has 1 aliphatic rings. The maximum Gasteiger partial charge on any atom is 0.373 e. The molecule has 0 saturated carbocycles. The van der Waals surface area contributed by atoms with Gasteiger partial charge in [-0.3, -0.25) is 4.90 Å². The third-order valence-electron chi connectivity index (χ3n) is 3.52. The molecule has 2 heterocycles. The molecule has 100 valence electrons. The molecule has 1 aliphatic heterocycles. The molecule has 0 N–H and O–H groups in total. The van der Waals surface area contributed by atoms with Gasteiger partial charge in [-0.1, -0.05) is 0 Å². The number of likely N-dealkylation sites (N-methyl/N-ethyl adjacent to an activating group) is 1. The summed E-state index contributed by atoms with van der Waals surface area (Å²) in [6.07, 6.45) is 1.03. The molecule has 1 aromatic heterocycles. The first kappa shape index (κ1) is 13.1. The number of rotatable bonds is 4. The minimum atomic E-state index is -0.444. The van der Waals surface area contributed by atoms with Crippen LogP contribution in [0.5, 0.6) is 0 Å². The molecule has 0 aromatic carbocycles. The van der Waals surface area contributed by atoms with E-state index in [1.54, 1.807) is 6.07 Å². The van der Waals surface area contributed by atoms with Crippen molar-refractivity contribution < 1.29 is 18.7 Å². The van der Waals surface area contributed by atoms with Crippen molar-refractivity contribution in [3.8, 4) is 0 Å². The summed E-state index contributed by atoms with van der Waals surface area (Å²) < 4.78 is 15.5. The van der Waals surface area contributed by atoms with Crippen LogP contribution < -0.4 is 0 Å². The van der Waals surface area contributed by atoms with Crippen LogP contribution in [-0.2, 0) is 9.47 Å². The zero-order chi connectivity index (χ0) is 13.1. The first-order valence-corrected chi connectivity index (χ1v) is 6.11. The number of carbonyl (C=O) groups excluding carboxylic acids is 1. The van der Waals surface area contributed by atoms with Gasteiger partial charge >= 0.3 is 5.97 Å². The maximum atomic E-state index is 11.3. The molecule has 2 rings (SSSR count). The molecule has 18 heavy (non-hydrogen) atoms. The summed E-state index contributed by atoms with van der Waals surface area (Å²) in [6.45, 7) is 3.62. The van der Waals surface area contributed by atoms with Crippen molar-refractivity contribution in [1.82, 2.24) is 4.90 Å². The van der Waals surface area contributed by atoms with Gasteiger partial charge in [0.2, 0.25) is 5.76 Å². The second kappa shape index (κ2) is 5.54. The van der Waals surface area contributed by atoms with Crippen LogP contribution in [0.2, 0.25) is 0 Å². The Kier molecular flexibility index (Phi) is 4.04. The molecule has 0 radical (unpaired) electrons. The van der Waals surface area contributed by atoms with Gasteiger partial charge in [0.25, 0.3) is 0 Å². The summed E-state index contributed by atoms with van der Waals surface area (Å²) in [7, 11) is 3.39. The molecule has 1 aromatic rings. The van der Waals surface area contributed by atoms with Gasteiger partial charge in [-0.15, -0.1) is 0 Å². The number of hydrogen-bond acceptors (Lipinski definition) is 5. The van der Waals surface area contributed by atoms with Gasteiger partial charge in [0, 0.05) is 12.6 Å². The summed E-state index contributed by atoms with van der Waals surface area (Å²) in [4.78, 5) is 13.5. The average Bonchev–Trinajstić information content (AvgIpc) is 3.06. The fourth-order valence-corrected chi connectivity index (χ4v) is 2.15. The lowest BCUT2D eigenvalue weighted by atomic mass is 10.1. The van der Waals surface area contributed by atoms with Crippen LogP contribution in [0.3, 0.4) is 0 Å². The molecule has 2 unspecified atom stereocenters. The van der Waals surface area contributed by atoms with Crippen LogP contribution in [0.15, 0.2) is 16.5 Å². The van der Waals surface area contributed by atoms with E-state index in [-0.39, 0.29) is 11.8 Å². The number of nitrogens with zero attached hydrogens (tertiary/aromatic N) is 1. The minimum Gasteiger partial charge on any atom is -0.463 e. The summed E-state index contributed by atoms with van der Waals surface area (Å²) in [5.41, 5.74) is 0. The van der Waals surface area contributed by atoms with Crippen LogP contribution >= 0.6 is 0 Å². The third kappa shape index (κ3) is 2.57. The van der Waals surface area contributed by atoms with Crippen LogP contribution in [0.1, 0.15) is 35.7 Å². The Labute approximate surface area is 107 Å². The van der Waals surface area contributed by atoms with Crippen molar-refractivity contribution in [2.75, 3.05) is 27.4 Å². The Hall–Kier alpha value is -1.33. The number of ether oxygens (including phenoxy) is 2. The normalized spacial score (nSPS) is 21.2. The van der Waals surface area contributed by atoms with Crippen LogP contribution in [0.25, 0.3) is 0 Å². The second-order valence-electron chi connectivity index (χ2n) is 4.55. The van der Waals surface area contributed by atoms with Gasteiger partial charge in [-0.05, 0) is 32.5 Å². The van der Waals surface area contributed by atoms with Crippen molar-refractivity contribution in [2.45, 2.75) is 25.4 Å². The van der Waals surface area contributed by atoms with E-state index in [0.29, 0.717) is 6.04 Å². The highest BCUT2D eigenvalue weighted by molar-refractivity contribution is 5.86. The quantitative estimate of drug-likeness (QED) is 0.766. The van der Waals surface area contributed by atoms with E-state index in [1.165, 1.54) is 7.11 Å². The van der Waals surface area contributed by atoms with E-state index in [1.807, 2.05) is 13.1 Å². The highest BCUT2D eigenvalue weighted by Gasteiger charge is 2.26. The van der Waals surface area contributed by atoms with E-state index in [2.05, 4.69) is 16.6 Å². The topological polar surface area (TPSA) is 51.9 Å². The number of hydrogen-bond donors (Lipinski definition) is 0. The fraction of sp³-hybridized carbons (Fsp3) is 0.615. The Morgan fingerprint density at radius 3 is 2.94 bits per heavy atom. The largest absolute Gasteiger partial charge is 0.463 e. The van der Waals surface area contributed by atoms with Crippen molar-refractivity contribution in [2.24, 2.45) is 0 Å². The second-order valence-corrected chi connectivity index (χ2v) is 4.55. The summed E-state index contributed by atoms with van der Waals surface area (Å²) in [5.74, 6) is 0.570. The molecule has 0 bridgehead atoms. The molecule has 2 atom stereocenters. The molecule has 5 nitrogen and oxygen atoms in total. The molecular formula is C13H19NO4. The zero-order valence-corrected chi connectivity index (χ0v) is 11.0. The van der Waals surface area contributed by atoms with Crippen molar-refractivity contribution in [3.05, 3.63) is 23.7 Å². The van der Waals surface area contributed by atoms with Crippen molar-refractivity contribution >= 4 is 5.97 Å². The van der Waals surface area contributed by atoms with E-state index in [0.717, 1.165) is 25.4 Å². The first-order chi connectivity index (χ1) is 8.63. The number of esters is 1. The Bertz CT molecular complexity index is 409. The Morgan fingerprint density at radius 2 is 2.33 bits per heavy atom. The van der Waals surface area contributed by atoms with Crippen LogP contribution in [-0.4, -0.2) is 44.3 Å². The van der Waals surface area contributed by atoms with Crippen LogP contribution in [0.4, 0.5) is 0 Å². The Morgan fingerprint density at radius 1 is 1.56 bits per heavy atom. The predicted octanol–water partition coefficient (Wildman–Crippen LogP) is 1.85. The van der Waals surface area contributed by atoms with Gasteiger partial charge in [-0.2, -0.15) is 0 Å². The first-order valence-electron chi connectivity index (χ1n) is 6.11. The van der Waals surface area contributed by atoms with Crippen molar-refractivity contribution in [3.63, 3.8) is 0 Å². The summed E-state index contributed by atoms with van der Waals surface area (Å²) in [6, 6.07) is 3.99. The number of methoxy groups -OCH3 is 1. The van der Waals surface area contributed by atoms with Gasteiger partial charge < -0.3 is 13.9 Å². The van der Waals surface area contributed by atoms with Crippen molar-refractivity contribution in [1.29, 1.82) is 0 Å². The van der Waals surface area contributed by atoms with E-state index in [4.69, 9.17) is 9.15 Å². The SMILES string of the molecule is COC(=O)c1ccc(C(C)N(C)C2CCOC2)o1. The van der Waals surface area contributed by atoms with E-state index < -0.39 is 5.97 Å². The zero-order valence-electron chi connectivity index (χ0n) is 11.0. The molecule has 0 spiro atoms. The predicted molar refractivity (Wildman–Crippen MR) is 65.4 cm³/mol. The summed E-state index contributed by atoms with van der Waals surface area (Å²) in [5, 5.41) is 0. The molecule has 0 amide bonds. The van der Waals surface area contributed by atoms with Gasteiger partial charge in [-0.25, -0.2) is 4.79 Å². The monoisotopic (exact) mass is 253 g/mol. The van der Waals surface area contributed by atoms with Gasteiger partial charge in [0.05, 0.1) is 19.8 Å². The highest BCUT2D eigenvalue weighted by Crippen LogP contribution is 2.25. The Balaban J connectivity index is 2.05. The molecule has 1 saturated heterocycles. The average molecular weight is 253 g/mol. The lowest BCUT2D eigenvalue weighted by molar-refractivity contribution is 0.0557. The smallest absolute Gasteiger partial charge is 0.373 e. The molecule has 1 fully saturated rings. The number of carbonyl (C=O) groups is 1. The third-order valence-corrected chi connectivity index (χ3v) is 3.52. The van der Waals surface area contributed by atoms with Gasteiger partial charge in [0.1, 0.15) is 5.76 Å². The molecule has 5 heteroatoms. The number of furan rings is 1. The highest BCUT2D eigenvalue weighted by atomic mass is 16.5. The van der Waals surface area contributed by atoms with Gasteiger partial charge in [0.15, 0.2) is 0 Å². The van der Waals surface area contributed by atoms with Crippen LogP contribution in [0, 0.1) is 0 Å². The lowest BCUT2D eigenvalue weighted by Gasteiger charge is -2.28. The standard InChI is InChI=1S/C13H19NO4/c1-9(14(2)10-6-7-17-8-10)11-4-5-12(18-11)13(15)16-3/h4-5,9-10H,6-8H2,1-3H3. The summed E-state index contributed by atoms with van der Waals surface area (Å²) >= 11 is 0. The minimum absolute atomic E-state index is 0.107. The molecule has 0 aliphatic carbocycles. The fourth-order valence-electron chi connectivity index (χ4n) is 2.15. The maximum absolute atomic E-state index is 11.3. The molecular weight excluding hydrogens is 234 g/mol. The van der Waals surface area contributed by atoms with E-state index in [9.17, 15) is 4.79 Å². The lowest BCUT2D eigenvalue weighted by Crippen LogP contribution is -2.34. The van der Waals surface area contributed by atoms with E-state index >= 15 is 0 Å².